The Balaban J connectivity index is 4.40. The lowest BCUT2D eigenvalue weighted by atomic mass is 10.2. The Morgan fingerprint density at radius 1 is 1.62 bits per heavy atom. The van der Waals surface area contributed by atoms with Crippen molar-refractivity contribution in [2.45, 2.75) is 13.8 Å². The van der Waals surface area contributed by atoms with Crippen LogP contribution in [0.2, 0.25) is 0 Å². The molecule has 0 spiro atoms. The molecule has 0 aromatic heterocycles. The van der Waals surface area contributed by atoms with Crippen LogP contribution in [-0.4, -0.2) is 37.1 Å². The molecule has 6 heteroatoms. The molecule has 0 saturated carbocycles. The predicted octanol–water partition coefficient (Wildman–Crippen LogP) is 0.190. The van der Waals surface area contributed by atoms with Gasteiger partial charge in [-0.15, -0.1) is 0 Å². The molecule has 0 aliphatic carbocycles. The number of hydrogen-bond acceptors (Lipinski definition) is 3. The summed E-state index contributed by atoms with van der Waals surface area (Å²) in [7, 11) is -3.13. The number of hydrogen-bond donors (Lipinski definition) is 1. The van der Waals surface area contributed by atoms with Crippen LogP contribution < -0.4 is 5.73 Å². The van der Waals surface area contributed by atoms with Crippen LogP contribution in [0.5, 0.6) is 0 Å². The smallest absolute Gasteiger partial charge is 0.211 e. The third-order valence-corrected chi connectivity index (χ3v) is 3.53. The third kappa shape index (κ3) is 4.54. The van der Waals surface area contributed by atoms with Crippen molar-refractivity contribution in [3.63, 3.8) is 0 Å². The summed E-state index contributed by atoms with van der Waals surface area (Å²) in [5, 5.41) is 0. The lowest BCUT2D eigenvalue weighted by molar-refractivity contribution is 0.409. The molecule has 13 heavy (non-hydrogen) atoms. The summed E-state index contributed by atoms with van der Waals surface area (Å²) in [6.45, 7) is 4.42. The van der Waals surface area contributed by atoms with Crippen LogP contribution in [0, 0.1) is 5.92 Å². The molecule has 1 atom stereocenters. The first-order valence-corrected chi connectivity index (χ1v) is 6.29. The first-order valence-electron chi connectivity index (χ1n) is 4.03. The summed E-state index contributed by atoms with van der Waals surface area (Å²) < 4.78 is 23.7. The molecule has 0 fully saturated rings. The van der Waals surface area contributed by atoms with Gasteiger partial charge in [-0.3, -0.25) is 0 Å². The number of rotatable bonds is 5. The second-order valence-corrected chi connectivity index (χ2v) is 5.47. The highest BCUT2D eigenvalue weighted by Gasteiger charge is 2.18. The van der Waals surface area contributed by atoms with Crippen molar-refractivity contribution in [3.05, 3.63) is 0 Å². The molecule has 0 heterocycles. The van der Waals surface area contributed by atoms with Crippen molar-refractivity contribution < 1.29 is 8.42 Å². The molecule has 4 nitrogen and oxygen atoms in total. The number of nitrogens with two attached hydrogens (primary N) is 1. The maximum absolute atomic E-state index is 11.2. The zero-order valence-electron chi connectivity index (χ0n) is 8.15. The summed E-state index contributed by atoms with van der Waals surface area (Å²) in [4.78, 5) is 0.349. The first kappa shape index (κ1) is 12.8. The van der Waals surface area contributed by atoms with Gasteiger partial charge in [0.1, 0.15) is 0 Å². The maximum atomic E-state index is 11.2. The Bertz CT molecular complexity index is 274. The lowest BCUT2D eigenvalue weighted by Gasteiger charge is -2.21. The van der Waals surface area contributed by atoms with Gasteiger partial charge in [-0.25, -0.2) is 12.7 Å². The molecule has 0 bridgehead atoms. The third-order valence-electron chi connectivity index (χ3n) is 1.78. The fraction of sp³-hybridized carbons (Fsp3) is 0.857. The normalized spacial score (nSPS) is 14.5. The quantitative estimate of drug-likeness (QED) is 0.677. The topological polar surface area (TPSA) is 63.4 Å². The molecule has 0 aliphatic rings. The summed E-state index contributed by atoms with van der Waals surface area (Å²) >= 11 is 4.76. The largest absolute Gasteiger partial charge is 0.393 e. The maximum Gasteiger partial charge on any atom is 0.211 e. The van der Waals surface area contributed by atoms with Crippen molar-refractivity contribution >= 4 is 27.2 Å². The summed E-state index contributed by atoms with van der Waals surface area (Å²) in [5.41, 5.74) is 5.39. The highest BCUT2D eigenvalue weighted by Crippen LogP contribution is 2.04. The van der Waals surface area contributed by atoms with Gasteiger partial charge in [0.15, 0.2) is 0 Å². The monoisotopic (exact) mass is 224 g/mol. The Kier molecular flexibility index (Phi) is 4.80. The average Bonchev–Trinajstić information content (AvgIpc) is 1.96. The molecular weight excluding hydrogens is 208 g/mol. The predicted molar refractivity (Wildman–Crippen MR) is 58.0 cm³/mol. The molecule has 1 unspecified atom stereocenters. The second-order valence-electron chi connectivity index (χ2n) is 3.02. The first-order chi connectivity index (χ1) is 5.79. The van der Waals surface area contributed by atoms with E-state index in [4.69, 9.17) is 18.0 Å². The average molecular weight is 224 g/mol. The van der Waals surface area contributed by atoms with Gasteiger partial charge < -0.3 is 5.73 Å². The van der Waals surface area contributed by atoms with Crippen LogP contribution in [-0.2, 0) is 10.0 Å². The highest BCUT2D eigenvalue weighted by molar-refractivity contribution is 7.88. The van der Waals surface area contributed by atoms with Gasteiger partial charge in [0, 0.05) is 19.0 Å². The Hall–Kier alpha value is -0.200. The highest BCUT2D eigenvalue weighted by atomic mass is 32.2. The zero-order chi connectivity index (χ0) is 10.6. The molecule has 0 radical (unpaired) electrons. The van der Waals surface area contributed by atoms with Crippen molar-refractivity contribution in [1.82, 2.24) is 4.31 Å². The Morgan fingerprint density at radius 2 is 2.08 bits per heavy atom. The molecule has 0 aromatic carbocycles. The zero-order valence-corrected chi connectivity index (χ0v) is 9.78. The standard InChI is InChI=1S/C7H16N2O2S2/c1-4-9(13(3,10)11)5-6(2)7(8)12/h6H,4-5H2,1-3H3,(H2,8,12). The Labute approximate surface area is 85.1 Å². The number of nitrogens with zero attached hydrogens (tertiary/aromatic N) is 1. The van der Waals surface area contributed by atoms with Gasteiger partial charge >= 0.3 is 0 Å². The minimum atomic E-state index is -3.13. The lowest BCUT2D eigenvalue weighted by Crippen LogP contribution is -2.37. The number of sulfonamides is 1. The van der Waals surface area contributed by atoms with E-state index in [1.165, 1.54) is 10.6 Å². The van der Waals surface area contributed by atoms with Crippen LogP contribution in [0.1, 0.15) is 13.8 Å². The van der Waals surface area contributed by atoms with Crippen LogP contribution in [0.25, 0.3) is 0 Å². The van der Waals surface area contributed by atoms with E-state index in [1.807, 2.05) is 6.92 Å². The van der Waals surface area contributed by atoms with Crippen molar-refractivity contribution in [3.8, 4) is 0 Å². The molecule has 0 rings (SSSR count). The van der Waals surface area contributed by atoms with E-state index in [0.717, 1.165) is 0 Å². The van der Waals surface area contributed by atoms with E-state index in [0.29, 0.717) is 18.1 Å². The second kappa shape index (κ2) is 4.88. The van der Waals surface area contributed by atoms with E-state index in [9.17, 15) is 8.42 Å². The van der Waals surface area contributed by atoms with Crippen LogP contribution in [0.3, 0.4) is 0 Å². The molecule has 2 N–H and O–H groups in total. The van der Waals surface area contributed by atoms with Gasteiger partial charge in [0.05, 0.1) is 11.2 Å². The van der Waals surface area contributed by atoms with Gasteiger partial charge in [0.25, 0.3) is 0 Å². The summed E-state index contributed by atoms with van der Waals surface area (Å²) in [6.07, 6.45) is 1.18. The van der Waals surface area contributed by atoms with E-state index in [-0.39, 0.29) is 5.92 Å². The SMILES string of the molecule is CCN(CC(C)C(N)=S)S(C)(=O)=O. The van der Waals surface area contributed by atoms with Gasteiger partial charge in [-0.1, -0.05) is 26.1 Å². The van der Waals surface area contributed by atoms with Crippen LogP contribution >= 0.6 is 12.2 Å². The van der Waals surface area contributed by atoms with Crippen molar-refractivity contribution in [2.24, 2.45) is 11.7 Å². The van der Waals surface area contributed by atoms with E-state index < -0.39 is 10.0 Å². The van der Waals surface area contributed by atoms with Gasteiger partial charge in [-0.05, 0) is 0 Å². The molecular formula is C7H16N2O2S2. The summed E-state index contributed by atoms with van der Waals surface area (Å²) in [5.74, 6) is -0.0790. The fourth-order valence-electron chi connectivity index (χ4n) is 0.894. The van der Waals surface area contributed by atoms with Crippen LogP contribution in [0.15, 0.2) is 0 Å². The minimum absolute atomic E-state index is 0.0790. The van der Waals surface area contributed by atoms with E-state index >= 15 is 0 Å². The molecule has 78 valence electrons. The van der Waals surface area contributed by atoms with Crippen molar-refractivity contribution in [2.75, 3.05) is 19.3 Å². The van der Waals surface area contributed by atoms with Gasteiger partial charge in [-0.2, -0.15) is 0 Å². The molecule has 0 saturated heterocycles. The molecule has 0 amide bonds. The van der Waals surface area contributed by atoms with Crippen LogP contribution in [0.4, 0.5) is 0 Å². The minimum Gasteiger partial charge on any atom is -0.393 e. The fourth-order valence-corrected chi connectivity index (χ4v) is 1.93. The number of thiocarbonyl (C=S) groups is 1. The van der Waals surface area contributed by atoms with E-state index in [1.54, 1.807) is 6.92 Å². The van der Waals surface area contributed by atoms with E-state index in [2.05, 4.69) is 0 Å². The van der Waals surface area contributed by atoms with Crippen molar-refractivity contribution in [1.29, 1.82) is 0 Å². The van der Waals surface area contributed by atoms with Gasteiger partial charge in [0.2, 0.25) is 10.0 Å². The Morgan fingerprint density at radius 3 is 2.31 bits per heavy atom. The summed E-state index contributed by atoms with van der Waals surface area (Å²) in [6, 6.07) is 0. The molecule has 0 aromatic rings. The molecule has 0 aliphatic heterocycles.